The molecule has 5 nitrogen and oxygen atoms in total. The van der Waals surface area contributed by atoms with Crippen molar-refractivity contribution in [2.75, 3.05) is 27.7 Å². The normalized spacial score (nSPS) is 13.7. The molecule has 1 rings (SSSR count). The first-order valence-electron chi connectivity index (χ1n) is 6.22. The van der Waals surface area contributed by atoms with E-state index < -0.39 is 6.10 Å². The van der Waals surface area contributed by atoms with Crippen LogP contribution in [-0.2, 0) is 4.79 Å². The summed E-state index contributed by atoms with van der Waals surface area (Å²) in [5, 5.41) is 13.0. The molecule has 0 radical (unpaired) electrons. The van der Waals surface area contributed by atoms with Gasteiger partial charge in [0.05, 0.1) is 19.3 Å². The van der Waals surface area contributed by atoms with E-state index in [9.17, 15) is 9.90 Å². The van der Waals surface area contributed by atoms with Gasteiger partial charge in [-0.15, -0.1) is 0 Å². The topological polar surface area (TPSA) is 61.8 Å². The Morgan fingerprint density at radius 3 is 2.42 bits per heavy atom. The highest BCUT2D eigenvalue weighted by atomic mass is 16.5. The first-order chi connectivity index (χ1) is 8.95. The number of benzene rings is 1. The highest BCUT2D eigenvalue weighted by Crippen LogP contribution is 2.17. The van der Waals surface area contributed by atoms with Crippen LogP contribution in [0.1, 0.15) is 18.6 Å². The van der Waals surface area contributed by atoms with Gasteiger partial charge in [0.2, 0.25) is 5.91 Å². The van der Waals surface area contributed by atoms with Crippen molar-refractivity contribution in [2.45, 2.75) is 19.1 Å². The molecule has 0 bridgehead atoms. The largest absolute Gasteiger partial charge is 0.497 e. The summed E-state index contributed by atoms with van der Waals surface area (Å²) in [5.41, 5.74) is 0.790. The second-order valence-electron chi connectivity index (χ2n) is 4.65. The van der Waals surface area contributed by atoms with Gasteiger partial charge >= 0.3 is 0 Å². The first-order valence-corrected chi connectivity index (χ1v) is 6.22. The summed E-state index contributed by atoms with van der Waals surface area (Å²) in [7, 11) is 5.02. The number of carbonyl (C=O) groups is 1. The van der Waals surface area contributed by atoms with Gasteiger partial charge in [0.25, 0.3) is 0 Å². The van der Waals surface area contributed by atoms with E-state index in [0.717, 1.165) is 11.3 Å². The van der Waals surface area contributed by atoms with E-state index in [1.807, 2.05) is 12.1 Å². The lowest BCUT2D eigenvalue weighted by Gasteiger charge is -2.20. The zero-order chi connectivity index (χ0) is 14.4. The molecule has 1 aromatic carbocycles. The number of carbonyl (C=O) groups excluding carboxylic acids is 1. The van der Waals surface area contributed by atoms with E-state index in [0.29, 0.717) is 6.54 Å². The molecular weight excluding hydrogens is 244 g/mol. The van der Waals surface area contributed by atoms with Gasteiger partial charge in [0.15, 0.2) is 0 Å². The van der Waals surface area contributed by atoms with Crippen molar-refractivity contribution in [3.8, 4) is 5.75 Å². The summed E-state index contributed by atoms with van der Waals surface area (Å²) in [6, 6.07) is 6.90. The number of amides is 1. The molecule has 0 aliphatic carbocycles. The monoisotopic (exact) mass is 266 g/mol. The number of likely N-dealkylation sites (N-methyl/N-ethyl adjacent to an activating group) is 1. The molecule has 1 amide bonds. The summed E-state index contributed by atoms with van der Waals surface area (Å²) < 4.78 is 5.06. The summed E-state index contributed by atoms with van der Waals surface area (Å²) in [5.74, 6) is 0.738. The maximum absolute atomic E-state index is 11.6. The van der Waals surface area contributed by atoms with Crippen LogP contribution in [0.3, 0.4) is 0 Å². The minimum Gasteiger partial charge on any atom is -0.497 e. The lowest BCUT2D eigenvalue weighted by Crippen LogP contribution is -2.42. The molecule has 1 aromatic rings. The van der Waals surface area contributed by atoms with Gasteiger partial charge in [-0.1, -0.05) is 12.1 Å². The van der Waals surface area contributed by atoms with Crippen LogP contribution < -0.4 is 10.1 Å². The first kappa shape index (κ1) is 15.5. The standard InChI is InChI=1S/C14H22N2O3/c1-10(14(18)16(2)3)15-9-13(17)11-5-7-12(19-4)8-6-11/h5-8,10,13,15,17H,9H2,1-4H3. The van der Waals surface area contributed by atoms with Gasteiger partial charge in [-0.3, -0.25) is 4.79 Å². The lowest BCUT2D eigenvalue weighted by atomic mass is 10.1. The van der Waals surface area contributed by atoms with Crippen LogP contribution in [0.25, 0.3) is 0 Å². The van der Waals surface area contributed by atoms with Gasteiger partial charge in [-0.05, 0) is 24.6 Å². The molecule has 0 saturated carbocycles. The van der Waals surface area contributed by atoms with Crippen LogP contribution in [0.5, 0.6) is 5.75 Å². The molecule has 19 heavy (non-hydrogen) atoms. The number of hydrogen-bond acceptors (Lipinski definition) is 4. The van der Waals surface area contributed by atoms with Crippen molar-refractivity contribution in [3.63, 3.8) is 0 Å². The van der Waals surface area contributed by atoms with Crippen LogP contribution in [0.4, 0.5) is 0 Å². The number of aliphatic hydroxyl groups excluding tert-OH is 1. The third-order valence-corrected chi connectivity index (χ3v) is 2.93. The second-order valence-corrected chi connectivity index (χ2v) is 4.65. The molecule has 0 saturated heterocycles. The fourth-order valence-corrected chi connectivity index (χ4v) is 1.71. The van der Waals surface area contributed by atoms with Gasteiger partial charge in [-0.25, -0.2) is 0 Å². The Morgan fingerprint density at radius 1 is 1.37 bits per heavy atom. The summed E-state index contributed by atoms with van der Waals surface area (Å²) >= 11 is 0. The Labute approximate surface area is 114 Å². The summed E-state index contributed by atoms with van der Waals surface area (Å²) in [6.45, 7) is 2.11. The highest BCUT2D eigenvalue weighted by Gasteiger charge is 2.16. The molecular formula is C14H22N2O3. The van der Waals surface area contributed by atoms with Crippen molar-refractivity contribution in [3.05, 3.63) is 29.8 Å². The van der Waals surface area contributed by atoms with E-state index >= 15 is 0 Å². The third-order valence-electron chi connectivity index (χ3n) is 2.93. The zero-order valence-corrected chi connectivity index (χ0v) is 11.9. The number of methoxy groups -OCH3 is 1. The summed E-state index contributed by atoms with van der Waals surface area (Å²) in [6.07, 6.45) is -0.650. The van der Waals surface area contributed by atoms with Gasteiger partial charge in [0.1, 0.15) is 5.75 Å². The summed E-state index contributed by atoms with van der Waals surface area (Å²) in [4.78, 5) is 13.2. The Balaban J connectivity index is 2.50. The molecule has 0 heterocycles. The molecule has 5 heteroatoms. The third kappa shape index (κ3) is 4.54. The number of ether oxygens (including phenoxy) is 1. The predicted octanol–water partition coefficient (Wildman–Crippen LogP) is 0.795. The van der Waals surface area contributed by atoms with Crippen LogP contribution in [0, 0.1) is 0 Å². The fourth-order valence-electron chi connectivity index (χ4n) is 1.71. The molecule has 0 aliphatic heterocycles. The average molecular weight is 266 g/mol. The zero-order valence-electron chi connectivity index (χ0n) is 11.9. The smallest absolute Gasteiger partial charge is 0.238 e. The Bertz CT molecular complexity index is 404. The van der Waals surface area contributed by atoms with E-state index in [2.05, 4.69) is 5.32 Å². The second kappa shape index (κ2) is 7.11. The number of aliphatic hydroxyl groups is 1. The quantitative estimate of drug-likeness (QED) is 0.799. The van der Waals surface area contributed by atoms with Gasteiger partial charge < -0.3 is 20.1 Å². The molecule has 106 valence electrons. The van der Waals surface area contributed by atoms with Gasteiger partial charge in [0, 0.05) is 20.6 Å². The number of hydrogen-bond donors (Lipinski definition) is 2. The number of nitrogens with one attached hydrogen (secondary N) is 1. The molecule has 0 fully saturated rings. The van der Waals surface area contributed by atoms with Crippen molar-refractivity contribution in [1.29, 1.82) is 0 Å². The maximum atomic E-state index is 11.6. The molecule has 0 spiro atoms. The maximum Gasteiger partial charge on any atom is 0.238 e. The minimum absolute atomic E-state index is 0.0121. The van der Waals surface area contributed by atoms with Crippen LogP contribution in [0.15, 0.2) is 24.3 Å². The van der Waals surface area contributed by atoms with Crippen LogP contribution in [0.2, 0.25) is 0 Å². The Hall–Kier alpha value is -1.59. The van der Waals surface area contributed by atoms with Crippen molar-refractivity contribution < 1.29 is 14.6 Å². The number of nitrogens with zero attached hydrogens (tertiary/aromatic N) is 1. The fraction of sp³-hybridized carbons (Fsp3) is 0.500. The lowest BCUT2D eigenvalue weighted by molar-refractivity contribution is -0.130. The van der Waals surface area contributed by atoms with Crippen molar-refractivity contribution in [2.24, 2.45) is 0 Å². The van der Waals surface area contributed by atoms with Crippen molar-refractivity contribution >= 4 is 5.91 Å². The minimum atomic E-state index is -0.650. The van der Waals surface area contributed by atoms with Crippen molar-refractivity contribution in [1.82, 2.24) is 10.2 Å². The van der Waals surface area contributed by atoms with E-state index in [1.165, 1.54) is 4.90 Å². The molecule has 2 unspecified atom stereocenters. The van der Waals surface area contributed by atoms with E-state index in [4.69, 9.17) is 4.74 Å². The average Bonchev–Trinajstić information content (AvgIpc) is 2.43. The van der Waals surface area contributed by atoms with E-state index in [1.54, 1.807) is 40.3 Å². The Kier molecular flexibility index (Phi) is 5.79. The molecule has 2 N–H and O–H groups in total. The predicted molar refractivity (Wildman–Crippen MR) is 74.1 cm³/mol. The van der Waals surface area contributed by atoms with Crippen LogP contribution in [-0.4, -0.2) is 49.7 Å². The molecule has 0 aliphatic rings. The molecule has 2 atom stereocenters. The van der Waals surface area contributed by atoms with E-state index in [-0.39, 0.29) is 11.9 Å². The van der Waals surface area contributed by atoms with Crippen LogP contribution >= 0.6 is 0 Å². The molecule has 0 aromatic heterocycles. The number of rotatable bonds is 6. The SMILES string of the molecule is COc1ccc(C(O)CNC(C)C(=O)N(C)C)cc1. The van der Waals surface area contributed by atoms with Gasteiger partial charge in [-0.2, -0.15) is 0 Å². The Morgan fingerprint density at radius 2 is 1.95 bits per heavy atom. The highest BCUT2D eigenvalue weighted by molar-refractivity contribution is 5.80.